The fourth-order valence-electron chi connectivity index (χ4n) is 1.48. The first kappa shape index (κ1) is 16.3. The third-order valence-corrected chi connectivity index (χ3v) is 3.06. The number of ether oxygens (including phenoxy) is 1. The number of nitrogens with one attached hydrogen (secondary N) is 3. The van der Waals surface area contributed by atoms with E-state index in [1.807, 2.05) is 6.07 Å². The van der Waals surface area contributed by atoms with Gasteiger partial charge in [-0.25, -0.2) is 9.52 Å². The maximum atomic E-state index is 11.7. The molecule has 8 heteroatoms. The third kappa shape index (κ3) is 5.89. The molecular formula is C12H19N3O4S. The van der Waals surface area contributed by atoms with Crippen molar-refractivity contribution >= 4 is 22.0 Å². The lowest BCUT2D eigenvalue weighted by Gasteiger charge is -2.12. The summed E-state index contributed by atoms with van der Waals surface area (Å²) in [5.74, 6) is 0. The van der Waals surface area contributed by atoms with Gasteiger partial charge in [-0.05, 0) is 38.6 Å². The van der Waals surface area contributed by atoms with Crippen molar-refractivity contribution in [2.75, 3.05) is 11.8 Å². The minimum atomic E-state index is -4.01. The second-order valence-corrected chi connectivity index (χ2v) is 5.81. The molecular weight excluding hydrogens is 282 g/mol. The molecule has 0 aliphatic carbocycles. The number of benzene rings is 1. The summed E-state index contributed by atoms with van der Waals surface area (Å²) in [6.07, 6.45) is -1.41. The topological polar surface area (TPSA) is 96.5 Å². The molecule has 0 fully saturated rings. The molecule has 0 aliphatic heterocycles. The number of hydrogen-bond acceptors (Lipinski definition) is 5. The van der Waals surface area contributed by atoms with Crippen LogP contribution in [0.5, 0.6) is 0 Å². The molecule has 1 aromatic rings. The first-order valence-corrected chi connectivity index (χ1v) is 7.55. The molecule has 0 radical (unpaired) electrons. The molecule has 0 aromatic heterocycles. The van der Waals surface area contributed by atoms with E-state index in [0.29, 0.717) is 12.2 Å². The maximum Gasteiger partial charge on any atom is 0.422 e. The summed E-state index contributed by atoms with van der Waals surface area (Å²) in [5.41, 5.74) is 1.28. The molecule has 0 aliphatic rings. The van der Waals surface area contributed by atoms with E-state index in [9.17, 15) is 13.2 Å². The van der Waals surface area contributed by atoms with Gasteiger partial charge in [0.1, 0.15) is 0 Å². The van der Waals surface area contributed by atoms with Crippen LogP contribution in [0.25, 0.3) is 0 Å². The predicted octanol–water partition coefficient (Wildman–Crippen LogP) is 1.20. The third-order valence-electron chi connectivity index (χ3n) is 2.12. The number of carbonyl (C=O) groups excluding carboxylic acids is 1. The Morgan fingerprint density at radius 1 is 1.35 bits per heavy atom. The van der Waals surface area contributed by atoms with Gasteiger partial charge in [0.15, 0.2) is 0 Å². The van der Waals surface area contributed by atoms with Crippen molar-refractivity contribution in [1.29, 1.82) is 0 Å². The molecule has 0 atom stereocenters. The fourth-order valence-corrected chi connectivity index (χ4v) is 2.23. The van der Waals surface area contributed by atoms with Crippen molar-refractivity contribution in [3.05, 3.63) is 29.8 Å². The van der Waals surface area contributed by atoms with Crippen LogP contribution >= 0.6 is 0 Å². The molecule has 7 nitrogen and oxygen atoms in total. The van der Waals surface area contributed by atoms with Gasteiger partial charge in [0.2, 0.25) is 0 Å². The Hall–Kier alpha value is -1.80. The lowest BCUT2D eigenvalue weighted by atomic mass is 10.2. The molecule has 0 saturated heterocycles. The van der Waals surface area contributed by atoms with Crippen LogP contribution in [0.2, 0.25) is 0 Å². The summed E-state index contributed by atoms with van der Waals surface area (Å²) in [6, 6.07) is 6.83. The lowest BCUT2D eigenvalue weighted by Crippen LogP contribution is -2.36. The molecule has 0 unspecified atom stereocenters. The van der Waals surface area contributed by atoms with Crippen molar-refractivity contribution in [3.63, 3.8) is 0 Å². The van der Waals surface area contributed by atoms with Crippen molar-refractivity contribution in [1.82, 2.24) is 10.0 Å². The summed E-state index contributed by atoms with van der Waals surface area (Å²) >= 11 is 0. The van der Waals surface area contributed by atoms with Gasteiger partial charge in [-0.2, -0.15) is 8.42 Å². The molecule has 1 rings (SSSR count). The van der Waals surface area contributed by atoms with E-state index in [1.165, 1.54) is 0 Å². The lowest BCUT2D eigenvalue weighted by molar-refractivity contribution is 0.121. The van der Waals surface area contributed by atoms with E-state index in [0.717, 1.165) is 5.56 Å². The Morgan fingerprint density at radius 3 is 2.65 bits per heavy atom. The molecule has 112 valence electrons. The Bertz CT molecular complexity index is 558. The second-order valence-electron chi connectivity index (χ2n) is 4.39. The van der Waals surface area contributed by atoms with Crippen LogP contribution in [0.15, 0.2) is 24.3 Å². The maximum absolute atomic E-state index is 11.7. The monoisotopic (exact) mass is 301 g/mol. The van der Waals surface area contributed by atoms with Crippen LogP contribution in [0.3, 0.4) is 0 Å². The van der Waals surface area contributed by atoms with E-state index in [1.54, 1.807) is 43.8 Å². The van der Waals surface area contributed by atoms with Gasteiger partial charge in [0, 0.05) is 6.54 Å². The minimum Gasteiger partial charge on any atom is -0.446 e. The van der Waals surface area contributed by atoms with Crippen molar-refractivity contribution in [3.8, 4) is 0 Å². The van der Waals surface area contributed by atoms with Gasteiger partial charge in [0.25, 0.3) is 0 Å². The number of hydrogen-bond donors (Lipinski definition) is 3. The summed E-state index contributed by atoms with van der Waals surface area (Å²) in [4.78, 5) is 11.3. The smallest absolute Gasteiger partial charge is 0.422 e. The molecule has 20 heavy (non-hydrogen) atoms. The van der Waals surface area contributed by atoms with Crippen LogP contribution in [-0.4, -0.2) is 27.7 Å². The van der Waals surface area contributed by atoms with E-state index >= 15 is 0 Å². The highest BCUT2D eigenvalue weighted by atomic mass is 32.2. The molecule has 1 aromatic carbocycles. The Balaban J connectivity index is 2.70. The summed E-state index contributed by atoms with van der Waals surface area (Å²) in [5, 5.41) is 2.96. The molecule has 0 spiro atoms. The first-order chi connectivity index (χ1) is 9.32. The molecule has 1 amide bonds. The zero-order valence-corrected chi connectivity index (χ0v) is 12.5. The van der Waals surface area contributed by atoms with E-state index in [-0.39, 0.29) is 0 Å². The quantitative estimate of drug-likeness (QED) is 0.733. The number of anilines is 1. The molecule has 0 saturated carbocycles. The highest BCUT2D eigenvalue weighted by Crippen LogP contribution is 2.11. The molecule has 3 N–H and O–H groups in total. The average molecular weight is 301 g/mol. The Morgan fingerprint density at radius 2 is 2.05 bits per heavy atom. The zero-order chi connectivity index (χ0) is 15.2. The van der Waals surface area contributed by atoms with Gasteiger partial charge in [-0.1, -0.05) is 12.1 Å². The van der Waals surface area contributed by atoms with E-state index in [2.05, 4.69) is 10.0 Å². The number of carbonyl (C=O) groups is 1. The standard InChI is InChI=1S/C12H19N3O4S/c1-9(2)19-12(16)15-20(17,18)14-11-6-4-5-10(7-11)8-13-3/h4-7,9,13-14H,8H2,1-3H3,(H,15,16). The number of amides is 1. The van der Waals surface area contributed by atoms with Gasteiger partial charge in [0.05, 0.1) is 11.8 Å². The summed E-state index contributed by atoms with van der Waals surface area (Å²) in [6.45, 7) is 3.86. The minimum absolute atomic E-state index is 0.364. The highest BCUT2D eigenvalue weighted by molar-refractivity contribution is 7.91. The van der Waals surface area contributed by atoms with Crippen molar-refractivity contribution < 1.29 is 17.9 Å². The molecule has 0 heterocycles. The van der Waals surface area contributed by atoms with E-state index in [4.69, 9.17) is 4.74 Å². The van der Waals surface area contributed by atoms with Crippen LogP contribution in [-0.2, 0) is 21.5 Å². The zero-order valence-electron chi connectivity index (χ0n) is 11.6. The van der Waals surface area contributed by atoms with Gasteiger partial charge in [-0.15, -0.1) is 0 Å². The van der Waals surface area contributed by atoms with Crippen LogP contribution < -0.4 is 14.8 Å². The van der Waals surface area contributed by atoms with Gasteiger partial charge >= 0.3 is 16.3 Å². The predicted molar refractivity (Wildman–Crippen MR) is 76.5 cm³/mol. The fraction of sp³-hybridized carbons (Fsp3) is 0.417. The number of rotatable bonds is 6. The highest BCUT2D eigenvalue weighted by Gasteiger charge is 2.16. The summed E-state index contributed by atoms with van der Waals surface area (Å²) < 4.78 is 32.2. The first-order valence-electron chi connectivity index (χ1n) is 6.07. The van der Waals surface area contributed by atoms with Gasteiger partial charge < -0.3 is 10.1 Å². The van der Waals surface area contributed by atoms with Gasteiger partial charge in [-0.3, -0.25) is 4.72 Å². The second kappa shape index (κ2) is 7.11. The van der Waals surface area contributed by atoms with Crippen molar-refractivity contribution in [2.24, 2.45) is 0 Å². The normalized spacial score (nSPS) is 11.2. The van der Waals surface area contributed by atoms with Crippen LogP contribution in [0, 0.1) is 0 Å². The Kier molecular flexibility index (Phi) is 5.78. The van der Waals surface area contributed by atoms with E-state index < -0.39 is 22.4 Å². The van der Waals surface area contributed by atoms with Crippen LogP contribution in [0.1, 0.15) is 19.4 Å². The Labute approximate surface area is 118 Å². The largest absolute Gasteiger partial charge is 0.446 e. The van der Waals surface area contributed by atoms with Crippen molar-refractivity contribution in [2.45, 2.75) is 26.5 Å². The average Bonchev–Trinajstić information content (AvgIpc) is 2.26. The van der Waals surface area contributed by atoms with Crippen LogP contribution in [0.4, 0.5) is 10.5 Å². The SMILES string of the molecule is CNCc1cccc(NS(=O)(=O)NC(=O)OC(C)C)c1. The molecule has 0 bridgehead atoms. The summed E-state index contributed by atoms with van der Waals surface area (Å²) in [7, 11) is -2.21.